The number of hydrogen-bond donors (Lipinski definition) is 1. The third kappa shape index (κ3) is 2.36. The summed E-state index contributed by atoms with van der Waals surface area (Å²) < 4.78 is 37.5. The fourth-order valence-electron chi connectivity index (χ4n) is 1.24. The van der Waals surface area contributed by atoms with Crippen molar-refractivity contribution in [1.82, 2.24) is 0 Å². The molecular weight excluding hydrogens is 209 g/mol. The van der Waals surface area contributed by atoms with Crippen LogP contribution in [0.25, 0.3) is 0 Å². The van der Waals surface area contributed by atoms with Gasteiger partial charge in [-0.3, -0.25) is 4.79 Å². The van der Waals surface area contributed by atoms with Crippen LogP contribution in [-0.2, 0) is 16.6 Å². The zero-order valence-corrected chi connectivity index (χ0v) is 7.88. The molecule has 0 bridgehead atoms. The maximum Gasteiger partial charge on any atom is 0.416 e. The molecule has 1 atom stereocenters. The first-order valence-corrected chi connectivity index (χ1v) is 4.14. The first kappa shape index (κ1) is 11.7. The van der Waals surface area contributed by atoms with E-state index in [1.54, 1.807) is 0 Å². The predicted octanol–water partition coefficient (Wildman–Crippen LogP) is 2.11. The summed E-state index contributed by atoms with van der Waals surface area (Å²) in [5, 5.41) is 9.47. The van der Waals surface area contributed by atoms with Gasteiger partial charge in [0.1, 0.15) is 5.60 Å². The third-order valence-electron chi connectivity index (χ3n) is 2.01. The highest BCUT2D eigenvalue weighted by molar-refractivity contribution is 5.66. The number of benzene rings is 1. The van der Waals surface area contributed by atoms with Gasteiger partial charge >= 0.3 is 6.18 Å². The fraction of sp³-hybridized carbons (Fsp3) is 0.300. The Labute approximate surface area is 84.3 Å². The number of carbonyl (C=O) groups excluding carboxylic acids is 1. The van der Waals surface area contributed by atoms with Gasteiger partial charge in [0.25, 0.3) is 0 Å². The first-order chi connectivity index (χ1) is 6.79. The Balaban J connectivity index is 3.37. The maximum absolute atomic E-state index is 12.5. The van der Waals surface area contributed by atoms with E-state index in [2.05, 4.69) is 0 Å². The standard InChI is InChI=1S/C10H9F3O2/c1-9(15,6-14)7-4-2-3-5-8(7)10(11,12)13/h2-6,15H,1H3. The van der Waals surface area contributed by atoms with E-state index in [-0.39, 0.29) is 6.29 Å². The molecule has 1 rings (SSSR count). The van der Waals surface area contributed by atoms with Crippen LogP contribution in [0.3, 0.4) is 0 Å². The van der Waals surface area contributed by atoms with Crippen molar-refractivity contribution in [2.75, 3.05) is 0 Å². The molecule has 0 aliphatic carbocycles. The molecule has 0 spiro atoms. The lowest BCUT2D eigenvalue weighted by atomic mass is 9.92. The first-order valence-electron chi connectivity index (χ1n) is 4.14. The molecule has 0 saturated heterocycles. The summed E-state index contributed by atoms with van der Waals surface area (Å²) in [7, 11) is 0. The average molecular weight is 218 g/mol. The van der Waals surface area contributed by atoms with Gasteiger partial charge in [0.05, 0.1) is 5.56 Å². The van der Waals surface area contributed by atoms with E-state index in [4.69, 9.17) is 0 Å². The number of aliphatic hydroxyl groups is 1. The molecule has 82 valence electrons. The zero-order valence-electron chi connectivity index (χ0n) is 7.88. The molecule has 2 nitrogen and oxygen atoms in total. The number of hydrogen-bond acceptors (Lipinski definition) is 2. The number of halogens is 3. The van der Waals surface area contributed by atoms with E-state index in [0.29, 0.717) is 0 Å². The smallest absolute Gasteiger partial charge is 0.378 e. The quantitative estimate of drug-likeness (QED) is 0.772. The lowest BCUT2D eigenvalue weighted by Crippen LogP contribution is -2.26. The minimum atomic E-state index is -4.58. The second-order valence-electron chi connectivity index (χ2n) is 3.31. The Morgan fingerprint density at radius 2 is 1.67 bits per heavy atom. The minimum Gasteiger partial charge on any atom is -0.378 e. The molecule has 0 heterocycles. The highest BCUT2D eigenvalue weighted by Crippen LogP contribution is 2.35. The molecule has 0 aliphatic heterocycles. The van der Waals surface area contributed by atoms with E-state index in [1.165, 1.54) is 12.1 Å². The number of carbonyl (C=O) groups is 1. The molecule has 1 aromatic carbocycles. The summed E-state index contributed by atoms with van der Waals surface area (Å²) in [4.78, 5) is 10.5. The summed E-state index contributed by atoms with van der Waals surface area (Å²) >= 11 is 0. The molecule has 1 aromatic rings. The van der Waals surface area contributed by atoms with Crippen LogP contribution in [0.4, 0.5) is 13.2 Å². The monoisotopic (exact) mass is 218 g/mol. The Morgan fingerprint density at radius 3 is 2.07 bits per heavy atom. The summed E-state index contributed by atoms with van der Waals surface area (Å²) in [6, 6.07) is 4.44. The van der Waals surface area contributed by atoms with E-state index < -0.39 is 22.9 Å². The Morgan fingerprint density at radius 1 is 1.20 bits per heavy atom. The molecule has 0 saturated carbocycles. The second-order valence-corrected chi connectivity index (χ2v) is 3.31. The van der Waals surface area contributed by atoms with E-state index in [9.17, 15) is 23.1 Å². The van der Waals surface area contributed by atoms with E-state index in [1.807, 2.05) is 0 Å². The van der Waals surface area contributed by atoms with Crippen molar-refractivity contribution in [2.24, 2.45) is 0 Å². The molecule has 0 radical (unpaired) electrons. The SMILES string of the molecule is CC(O)(C=O)c1ccccc1C(F)(F)F. The van der Waals surface area contributed by atoms with Crippen LogP contribution >= 0.6 is 0 Å². The Kier molecular flexibility index (Phi) is 2.86. The summed E-state index contributed by atoms with van der Waals surface area (Å²) in [5.74, 6) is 0. The molecule has 1 N–H and O–H groups in total. The van der Waals surface area contributed by atoms with Gasteiger partial charge in [-0.25, -0.2) is 0 Å². The highest BCUT2D eigenvalue weighted by Gasteiger charge is 2.38. The second kappa shape index (κ2) is 3.66. The molecular formula is C10H9F3O2. The van der Waals surface area contributed by atoms with Gasteiger partial charge in [0.15, 0.2) is 6.29 Å². The molecule has 0 fully saturated rings. The predicted molar refractivity (Wildman–Crippen MR) is 47.1 cm³/mol. The van der Waals surface area contributed by atoms with Crippen molar-refractivity contribution in [3.8, 4) is 0 Å². The van der Waals surface area contributed by atoms with Crippen molar-refractivity contribution >= 4 is 6.29 Å². The van der Waals surface area contributed by atoms with Gasteiger partial charge in [-0.1, -0.05) is 18.2 Å². The van der Waals surface area contributed by atoms with Gasteiger partial charge in [-0.05, 0) is 13.0 Å². The number of aldehydes is 1. The summed E-state index contributed by atoms with van der Waals surface area (Å²) in [6.07, 6.45) is -4.50. The summed E-state index contributed by atoms with van der Waals surface area (Å²) in [6.45, 7) is 1.02. The van der Waals surface area contributed by atoms with E-state index in [0.717, 1.165) is 19.1 Å². The van der Waals surface area contributed by atoms with Gasteiger partial charge in [0.2, 0.25) is 0 Å². The van der Waals surface area contributed by atoms with Crippen LogP contribution in [0, 0.1) is 0 Å². The van der Waals surface area contributed by atoms with Crippen LogP contribution in [0.15, 0.2) is 24.3 Å². The van der Waals surface area contributed by atoms with Crippen LogP contribution < -0.4 is 0 Å². The lowest BCUT2D eigenvalue weighted by Gasteiger charge is -2.21. The topological polar surface area (TPSA) is 37.3 Å². The number of rotatable bonds is 2. The fourth-order valence-corrected chi connectivity index (χ4v) is 1.24. The minimum absolute atomic E-state index is 0.0809. The molecule has 0 amide bonds. The lowest BCUT2D eigenvalue weighted by molar-refractivity contribution is -0.141. The van der Waals surface area contributed by atoms with Gasteiger partial charge < -0.3 is 5.11 Å². The molecule has 0 aliphatic rings. The van der Waals surface area contributed by atoms with Gasteiger partial charge in [0, 0.05) is 5.56 Å². The molecule has 1 unspecified atom stereocenters. The van der Waals surface area contributed by atoms with Gasteiger partial charge in [-0.15, -0.1) is 0 Å². The number of alkyl halides is 3. The highest BCUT2D eigenvalue weighted by atomic mass is 19.4. The Hall–Kier alpha value is -1.36. The molecule has 5 heteroatoms. The third-order valence-corrected chi connectivity index (χ3v) is 2.01. The van der Waals surface area contributed by atoms with E-state index >= 15 is 0 Å². The van der Waals surface area contributed by atoms with Crippen LogP contribution in [0.5, 0.6) is 0 Å². The summed E-state index contributed by atoms with van der Waals surface area (Å²) in [5.41, 5.74) is -3.55. The average Bonchev–Trinajstić information content (AvgIpc) is 2.16. The maximum atomic E-state index is 12.5. The molecule has 15 heavy (non-hydrogen) atoms. The van der Waals surface area contributed by atoms with Crippen molar-refractivity contribution in [1.29, 1.82) is 0 Å². The molecule has 0 aromatic heterocycles. The van der Waals surface area contributed by atoms with Crippen molar-refractivity contribution < 1.29 is 23.1 Å². The van der Waals surface area contributed by atoms with Gasteiger partial charge in [-0.2, -0.15) is 13.2 Å². The van der Waals surface area contributed by atoms with Crippen LogP contribution in [-0.4, -0.2) is 11.4 Å². The van der Waals surface area contributed by atoms with Crippen LogP contribution in [0.1, 0.15) is 18.1 Å². The normalized spacial score (nSPS) is 15.8. The largest absolute Gasteiger partial charge is 0.416 e. The van der Waals surface area contributed by atoms with Crippen molar-refractivity contribution in [3.05, 3.63) is 35.4 Å². The zero-order chi connectivity index (χ0) is 11.7. The van der Waals surface area contributed by atoms with Crippen molar-refractivity contribution in [2.45, 2.75) is 18.7 Å². The van der Waals surface area contributed by atoms with Crippen LogP contribution in [0.2, 0.25) is 0 Å². The van der Waals surface area contributed by atoms with Crippen molar-refractivity contribution in [3.63, 3.8) is 0 Å². The Bertz CT molecular complexity index is 369.